The second kappa shape index (κ2) is 8.24. The second-order valence-corrected chi connectivity index (χ2v) is 9.30. The molecule has 0 aliphatic carbocycles. The van der Waals surface area contributed by atoms with E-state index in [4.69, 9.17) is 16.3 Å². The van der Waals surface area contributed by atoms with Gasteiger partial charge in [0.15, 0.2) is 15.0 Å². The summed E-state index contributed by atoms with van der Waals surface area (Å²) in [4.78, 5) is 16.6. The van der Waals surface area contributed by atoms with Crippen molar-refractivity contribution in [2.24, 2.45) is 0 Å². The van der Waals surface area contributed by atoms with E-state index < -0.39 is 9.84 Å². The third-order valence-electron chi connectivity index (χ3n) is 3.85. The van der Waals surface area contributed by atoms with Crippen LogP contribution in [0.1, 0.15) is 12.8 Å². The summed E-state index contributed by atoms with van der Waals surface area (Å²) in [6, 6.07) is 11.6. The number of anilines is 1. The molecule has 3 aromatic rings. The van der Waals surface area contributed by atoms with Crippen molar-refractivity contribution in [3.63, 3.8) is 0 Å². The van der Waals surface area contributed by atoms with E-state index in [0.717, 1.165) is 4.70 Å². The minimum atomic E-state index is -3.45. The molecule has 0 aliphatic heterocycles. The number of hydrogen-bond acceptors (Lipinski definition) is 6. The molecule has 0 unspecified atom stereocenters. The van der Waals surface area contributed by atoms with Crippen molar-refractivity contribution in [3.8, 4) is 5.75 Å². The van der Waals surface area contributed by atoms with Gasteiger partial charge in [0.05, 0.1) is 27.5 Å². The zero-order chi connectivity index (χ0) is 19.4. The van der Waals surface area contributed by atoms with Crippen LogP contribution in [-0.4, -0.2) is 32.2 Å². The first-order chi connectivity index (χ1) is 12.9. The Balaban J connectivity index is 1.55. The molecule has 6 nitrogen and oxygen atoms in total. The quantitative estimate of drug-likeness (QED) is 0.615. The molecule has 0 aliphatic rings. The van der Waals surface area contributed by atoms with Crippen LogP contribution in [0.5, 0.6) is 5.75 Å². The van der Waals surface area contributed by atoms with Gasteiger partial charge in [0.1, 0.15) is 11.3 Å². The monoisotopic (exact) mass is 424 g/mol. The molecule has 2 aromatic carbocycles. The van der Waals surface area contributed by atoms with Crippen LogP contribution >= 0.6 is 22.9 Å². The van der Waals surface area contributed by atoms with Gasteiger partial charge in [-0.1, -0.05) is 29.0 Å². The molecule has 0 atom stereocenters. The Morgan fingerprint density at radius 1 is 1.22 bits per heavy atom. The van der Waals surface area contributed by atoms with Gasteiger partial charge in [-0.05, 0) is 42.8 Å². The number of thiazole rings is 1. The Hall–Kier alpha value is -2.16. The highest BCUT2D eigenvalue weighted by Gasteiger charge is 2.16. The summed E-state index contributed by atoms with van der Waals surface area (Å²) in [6.07, 6.45) is 0.297. The molecule has 3 rings (SSSR count). The van der Waals surface area contributed by atoms with Crippen molar-refractivity contribution < 1.29 is 17.9 Å². The maximum Gasteiger partial charge on any atom is 0.226 e. The molecule has 9 heteroatoms. The van der Waals surface area contributed by atoms with Crippen LogP contribution in [0, 0.1) is 0 Å². The average Bonchev–Trinajstić information content (AvgIpc) is 3.05. The fourth-order valence-corrected chi connectivity index (χ4v) is 4.97. The molecule has 1 N–H and O–H groups in total. The summed E-state index contributed by atoms with van der Waals surface area (Å²) in [6.45, 7) is 0. The molecule has 0 spiro atoms. The fourth-order valence-electron chi connectivity index (χ4n) is 2.47. The SMILES string of the molecule is COc1ccc(S(=O)(=O)CCCC(=O)Nc2nc3c(Cl)cccc3s2)cc1. The molecule has 142 valence electrons. The van der Waals surface area contributed by atoms with Crippen molar-refractivity contribution in [1.82, 2.24) is 4.98 Å². The Kier molecular flexibility index (Phi) is 5.98. The number of halogens is 1. The number of methoxy groups -OCH3 is 1. The summed E-state index contributed by atoms with van der Waals surface area (Å²) in [5.41, 5.74) is 0.640. The second-order valence-electron chi connectivity index (χ2n) is 5.75. The molecule has 1 heterocycles. The highest BCUT2D eigenvalue weighted by atomic mass is 35.5. The summed E-state index contributed by atoms with van der Waals surface area (Å²) < 4.78 is 30.6. The lowest BCUT2D eigenvalue weighted by molar-refractivity contribution is -0.116. The normalized spacial score (nSPS) is 11.5. The molecule has 27 heavy (non-hydrogen) atoms. The molecule has 0 saturated carbocycles. The number of nitrogens with one attached hydrogen (secondary N) is 1. The Morgan fingerprint density at radius 2 is 1.96 bits per heavy atom. The van der Waals surface area contributed by atoms with Crippen molar-refractivity contribution in [2.75, 3.05) is 18.2 Å². The van der Waals surface area contributed by atoms with E-state index in [1.54, 1.807) is 18.2 Å². The van der Waals surface area contributed by atoms with Crippen molar-refractivity contribution in [3.05, 3.63) is 47.5 Å². The van der Waals surface area contributed by atoms with Crippen LogP contribution in [0.2, 0.25) is 5.02 Å². The predicted molar refractivity (Wildman–Crippen MR) is 108 cm³/mol. The van der Waals surface area contributed by atoms with Crippen LogP contribution < -0.4 is 10.1 Å². The summed E-state index contributed by atoms with van der Waals surface area (Å²) in [5, 5.41) is 3.67. The summed E-state index contributed by atoms with van der Waals surface area (Å²) in [5.74, 6) is 0.192. The van der Waals surface area contributed by atoms with Gasteiger partial charge in [-0.3, -0.25) is 4.79 Å². The highest BCUT2D eigenvalue weighted by Crippen LogP contribution is 2.30. The minimum Gasteiger partial charge on any atom is -0.497 e. The van der Waals surface area contributed by atoms with Crippen molar-refractivity contribution in [2.45, 2.75) is 17.7 Å². The lowest BCUT2D eigenvalue weighted by atomic mass is 10.3. The minimum absolute atomic E-state index is 0.0824. The molecule has 0 radical (unpaired) electrons. The average molecular weight is 425 g/mol. The van der Waals surface area contributed by atoms with Gasteiger partial charge in [-0.15, -0.1) is 0 Å². The van der Waals surface area contributed by atoms with Crippen molar-refractivity contribution >= 4 is 54.0 Å². The molecule has 1 aromatic heterocycles. The van der Waals surface area contributed by atoms with Gasteiger partial charge in [-0.25, -0.2) is 13.4 Å². The molecule has 0 fully saturated rings. The molecule has 0 bridgehead atoms. The van der Waals surface area contributed by atoms with Crippen LogP contribution in [0.4, 0.5) is 5.13 Å². The van der Waals surface area contributed by atoms with Gasteiger partial charge in [-0.2, -0.15) is 0 Å². The predicted octanol–water partition coefficient (Wildman–Crippen LogP) is 4.15. The number of carbonyl (C=O) groups is 1. The van der Waals surface area contributed by atoms with Crippen molar-refractivity contribution in [1.29, 1.82) is 0 Å². The van der Waals surface area contributed by atoms with Crippen LogP contribution in [0.15, 0.2) is 47.4 Å². The van der Waals surface area contributed by atoms with E-state index in [0.29, 0.717) is 21.4 Å². The van der Waals surface area contributed by atoms with Gasteiger partial charge in [0.25, 0.3) is 0 Å². The maximum atomic E-state index is 12.3. The Labute approximate surface area is 166 Å². The molecule has 0 saturated heterocycles. The number of hydrogen-bond donors (Lipinski definition) is 1. The van der Waals surface area contributed by atoms with Crippen LogP contribution in [-0.2, 0) is 14.6 Å². The zero-order valence-electron chi connectivity index (χ0n) is 14.4. The number of sulfone groups is 1. The van der Waals surface area contributed by atoms with E-state index in [1.165, 1.54) is 30.6 Å². The van der Waals surface area contributed by atoms with Crippen LogP contribution in [0.3, 0.4) is 0 Å². The first-order valence-electron chi connectivity index (χ1n) is 8.11. The standard InChI is InChI=1S/C18H17ClN2O4S2/c1-25-12-7-9-13(10-8-12)27(23,24)11-3-6-16(22)20-18-21-17-14(19)4-2-5-15(17)26-18/h2,4-5,7-10H,3,6,11H2,1H3,(H,20,21,22). The molecule has 1 amide bonds. The summed E-state index contributed by atoms with van der Waals surface area (Å²) >= 11 is 7.40. The number of ether oxygens (including phenoxy) is 1. The first-order valence-corrected chi connectivity index (χ1v) is 11.0. The Morgan fingerprint density at radius 3 is 2.63 bits per heavy atom. The number of nitrogens with zero attached hydrogens (tertiary/aromatic N) is 1. The molecular weight excluding hydrogens is 408 g/mol. The number of rotatable bonds is 7. The maximum absolute atomic E-state index is 12.3. The number of benzene rings is 2. The number of carbonyl (C=O) groups excluding carboxylic acids is 1. The van der Waals surface area contributed by atoms with E-state index in [-0.39, 0.29) is 29.4 Å². The lowest BCUT2D eigenvalue weighted by Gasteiger charge is -2.06. The topological polar surface area (TPSA) is 85.4 Å². The fraction of sp³-hybridized carbons (Fsp3) is 0.222. The first kappa shape index (κ1) is 19.6. The van der Waals surface area contributed by atoms with Gasteiger partial charge in [0, 0.05) is 6.42 Å². The highest BCUT2D eigenvalue weighted by molar-refractivity contribution is 7.91. The van der Waals surface area contributed by atoms with Gasteiger partial charge < -0.3 is 10.1 Å². The van der Waals surface area contributed by atoms with Gasteiger partial charge in [0.2, 0.25) is 5.91 Å². The number of para-hydroxylation sites is 1. The number of aromatic nitrogens is 1. The van der Waals surface area contributed by atoms with E-state index in [2.05, 4.69) is 10.3 Å². The van der Waals surface area contributed by atoms with E-state index in [1.807, 2.05) is 12.1 Å². The third-order valence-corrected chi connectivity index (χ3v) is 6.91. The molecular formula is C18H17ClN2O4S2. The zero-order valence-corrected chi connectivity index (χ0v) is 16.8. The van der Waals surface area contributed by atoms with Crippen LogP contribution in [0.25, 0.3) is 10.2 Å². The number of fused-ring (bicyclic) bond motifs is 1. The largest absolute Gasteiger partial charge is 0.497 e. The summed E-state index contributed by atoms with van der Waals surface area (Å²) in [7, 11) is -1.93. The van der Waals surface area contributed by atoms with E-state index in [9.17, 15) is 13.2 Å². The Bertz CT molecular complexity index is 1060. The van der Waals surface area contributed by atoms with Gasteiger partial charge >= 0.3 is 0 Å². The lowest BCUT2D eigenvalue weighted by Crippen LogP contribution is -2.14. The third kappa shape index (κ3) is 4.77. The van der Waals surface area contributed by atoms with E-state index >= 15 is 0 Å². The number of amides is 1. The smallest absolute Gasteiger partial charge is 0.226 e.